The number of carbonyl (C=O) groups is 1. The summed E-state index contributed by atoms with van der Waals surface area (Å²) in [6.45, 7) is 6.09. The Bertz CT molecular complexity index is 488. The van der Waals surface area contributed by atoms with Crippen molar-refractivity contribution in [2.45, 2.75) is 19.1 Å². The molecule has 0 aromatic heterocycles. The summed E-state index contributed by atoms with van der Waals surface area (Å²) in [6, 6.07) is 7.37. The molecule has 1 aliphatic rings. The highest BCUT2D eigenvalue weighted by Gasteiger charge is 2.18. The average molecular weight is 293 g/mol. The van der Waals surface area contributed by atoms with Crippen LogP contribution in [0, 0.1) is 0 Å². The number of carbonyl (C=O) groups excluding carboxylic acids is 1. The normalized spacial score (nSPS) is 15.2. The third kappa shape index (κ3) is 4.16. The van der Waals surface area contributed by atoms with Crippen molar-refractivity contribution in [2.75, 3.05) is 25.0 Å². The lowest BCUT2D eigenvalue weighted by molar-refractivity contribution is -0.115. The van der Waals surface area contributed by atoms with Gasteiger partial charge in [0, 0.05) is 12.2 Å². The molecule has 1 aromatic carbocycles. The van der Waals surface area contributed by atoms with Crippen molar-refractivity contribution >= 4 is 28.5 Å². The van der Waals surface area contributed by atoms with E-state index in [1.807, 2.05) is 38.1 Å². The maximum atomic E-state index is 12.1. The van der Waals surface area contributed by atoms with Gasteiger partial charge in [-0.1, -0.05) is 11.8 Å². The molecule has 0 radical (unpaired) electrons. The minimum atomic E-state index is -0.189. The molecule has 1 amide bonds. The van der Waals surface area contributed by atoms with Crippen molar-refractivity contribution in [3.05, 3.63) is 24.3 Å². The van der Waals surface area contributed by atoms with Gasteiger partial charge in [0.2, 0.25) is 5.91 Å². The summed E-state index contributed by atoms with van der Waals surface area (Å²) in [7, 11) is 0. The van der Waals surface area contributed by atoms with Crippen molar-refractivity contribution < 1.29 is 9.53 Å². The van der Waals surface area contributed by atoms with Crippen LogP contribution in [0.25, 0.3) is 0 Å². The summed E-state index contributed by atoms with van der Waals surface area (Å²) >= 11 is 1.45. The number of rotatable bonds is 5. The first-order valence-corrected chi connectivity index (χ1v) is 7.55. The van der Waals surface area contributed by atoms with Crippen LogP contribution in [0.2, 0.25) is 0 Å². The molecular weight excluding hydrogens is 274 g/mol. The van der Waals surface area contributed by atoms with E-state index < -0.39 is 0 Å². The summed E-state index contributed by atoms with van der Waals surface area (Å²) in [5.41, 5.74) is 0.771. The number of nitrogens with one attached hydrogen (secondary N) is 2. The lowest BCUT2D eigenvalue weighted by Gasteiger charge is -2.12. The average Bonchev–Trinajstić information content (AvgIpc) is 2.94. The molecule has 0 fully saturated rings. The zero-order chi connectivity index (χ0) is 14.4. The number of benzene rings is 1. The lowest BCUT2D eigenvalue weighted by Crippen LogP contribution is -2.26. The third-order valence-corrected chi connectivity index (χ3v) is 3.80. The van der Waals surface area contributed by atoms with E-state index in [0.717, 1.165) is 29.7 Å². The van der Waals surface area contributed by atoms with Crippen LogP contribution < -0.4 is 15.4 Å². The predicted molar refractivity (Wildman–Crippen MR) is 83.6 cm³/mol. The molecule has 2 N–H and O–H groups in total. The number of nitrogens with zero attached hydrogens (tertiary/aromatic N) is 1. The summed E-state index contributed by atoms with van der Waals surface area (Å²) in [5, 5.41) is 6.69. The fourth-order valence-electron chi connectivity index (χ4n) is 1.72. The number of amides is 1. The summed E-state index contributed by atoms with van der Waals surface area (Å²) in [6.07, 6.45) is 0. The molecule has 0 bridgehead atoms. The Morgan fingerprint density at radius 1 is 1.50 bits per heavy atom. The van der Waals surface area contributed by atoms with Crippen LogP contribution in [0.3, 0.4) is 0 Å². The van der Waals surface area contributed by atoms with Crippen molar-refractivity contribution in [2.24, 2.45) is 4.99 Å². The smallest absolute Gasteiger partial charge is 0.237 e. The lowest BCUT2D eigenvalue weighted by atomic mass is 10.3. The van der Waals surface area contributed by atoms with Crippen LogP contribution in [0.4, 0.5) is 5.69 Å². The van der Waals surface area contributed by atoms with Crippen LogP contribution in [0.15, 0.2) is 29.3 Å². The van der Waals surface area contributed by atoms with E-state index in [1.54, 1.807) is 0 Å². The highest BCUT2D eigenvalue weighted by molar-refractivity contribution is 8.14. The number of ether oxygens (including phenoxy) is 1. The Morgan fingerprint density at radius 3 is 2.85 bits per heavy atom. The molecule has 0 spiro atoms. The van der Waals surface area contributed by atoms with Crippen LogP contribution >= 0.6 is 11.8 Å². The molecule has 1 unspecified atom stereocenters. The Balaban J connectivity index is 1.86. The van der Waals surface area contributed by atoms with E-state index in [4.69, 9.17) is 4.74 Å². The third-order valence-electron chi connectivity index (χ3n) is 2.73. The quantitative estimate of drug-likeness (QED) is 0.873. The zero-order valence-corrected chi connectivity index (χ0v) is 12.5. The van der Waals surface area contributed by atoms with E-state index in [-0.39, 0.29) is 11.2 Å². The number of aliphatic imine (C=N–C) groups is 1. The summed E-state index contributed by atoms with van der Waals surface area (Å²) in [5.74, 6) is 0.771. The fourth-order valence-corrected chi connectivity index (χ4v) is 2.57. The van der Waals surface area contributed by atoms with Gasteiger partial charge in [-0.15, -0.1) is 0 Å². The molecule has 6 heteroatoms. The largest absolute Gasteiger partial charge is 0.494 e. The highest BCUT2D eigenvalue weighted by Crippen LogP contribution is 2.18. The van der Waals surface area contributed by atoms with Gasteiger partial charge in [-0.25, -0.2) is 0 Å². The standard InChI is InChI=1S/C14H19N3O2S/c1-3-19-12-6-4-11(5-7-12)17-13(18)10(2)20-14-15-8-9-16-14/h4-7,10H,3,8-9H2,1-2H3,(H,15,16)(H,17,18). The van der Waals surface area contributed by atoms with Gasteiger partial charge in [0.05, 0.1) is 18.4 Å². The second kappa shape index (κ2) is 7.19. The number of thioether (sulfide) groups is 1. The highest BCUT2D eigenvalue weighted by atomic mass is 32.2. The Hall–Kier alpha value is -1.69. The van der Waals surface area contributed by atoms with Crippen LogP contribution in [0.1, 0.15) is 13.8 Å². The minimum absolute atomic E-state index is 0.0319. The maximum absolute atomic E-state index is 12.1. The fraction of sp³-hybridized carbons (Fsp3) is 0.429. The van der Waals surface area contributed by atoms with E-state index >= 15 is 0 Å². The van der Waals surface area contributed by atoms with Gasteiger partial charge in [0.25, 0.3) is 0 Å². The van der Waals surface area contributed by atoms with Crippen molar-refractivity contribution in [3.63, 3.8) is 0 Å². The Morgan fingerprint density at radius 2 is 2.25 bits per heavy atom. The van der Waals surface area contributed by atoms with E-state index in [1.165, 1.54) is 11.8 Å². The van der Waals surface area contributed by atoms with Crippen molar-refractivity contribution in [1.29, 1.82) is 0 Å². The van der Waals surface area contributed by atoms with Crippen LogP contribution in [0.5, 0.6) is 5.75 Å². The Labute approximate surface area is 123 Å². The van der Waals surface area contributed by atoms with Crippen LogP contribution in [-0.2, 0) is 4.79 Å². The molecule has 1 aromatic rings. The first-order chi connectivity index (χ1) is 9.69. The molecule has 0 aliphatic carbocycles. The van der Waals surface area contributed by atoms with Gasteiger partial charge in [-0.3, -0.25) is 9.79 Å². The second-order valence-electron chi connectivity index (χ2n) is 4.32. The molecule has 20 heavy (non-hydrogen) atoms. The van der Waals surface area contributed by atoms with Crippen LogP contribution in [-0.4, -0.2) is 36.0 Å². The zero-order valence-electron chi connectivity index (χ0n) is 11.7. The molecule has 5 nitrogen and oxygen atoms in total. The SMILES string of the molecule is CCOc1ccc(NC(=O)C(C)SC2=NCCN2)cc1. The number of amidine groups is 1. The van der Waals surface area contributed by atoms with Gasteiger partial charge in [0.1, 0.15) is 5.75 Å². The van der Waals surface area contributed by atoms with Crippen molar-refractivity contribution in [1.82, 2.24) is 5.32 Å². The predicted octanol–water partition coefficient (Wildman–Crippen LogP) is 2.10. The molecule has 1 atom stereocenters. The first-order valence-electron chi connectivity index (χ1n) is 6.67. The second-order valence-corrected chi connectivity index (χ2v) is 5.65. The Kier molecular flexibility index (Phi) is 5.29. The molecule has 0 saturated heterocycles. The summed E-state index contributed by atoms with van der Waals surface area (Å²) in [4.78, 5) is 16.3. The molecule has 1 aliphatic heterocycles. The van der Waals surface area contributed by atoms with Gasteiger partial charge in [0.15, 0.2) is 5.17 Å². The summed E-state index contributed by atoms with van der Waals surface area (Å²) < 4.78 is 5.36. The number of hydrogen-bond donors (Lipinski definition) is 2. The molecular formula is C14H19N3O2S. The number of anilines is 1. The van der Waals surface area contributed by atoms with E-state index in [2.05, 4.69) is 15.6 Å². The van der Waals surface area contributed by atoms with E-state index in [0.29, 0.717) is 6.61 Å². The molecule has 0 saturated carbocycles. The minimum Gasteiger partial charge on any atom is -0.494 e. The topological polar surface area (TPSA) is 62.7 Å². The molecule has 1 heterocycles. The van der Waals surface area contributed by atoms with Gasteiger partial charge < -0.3 is 15.4 Å². The number of hydrogen-bond acceptors (Lipinski definition) is 5. The molecule has 2 rings (SSSR count). The van der Waals surface area contributed by atoms with Crippen molar-refractivity contribution in [3.8, 4) is 5.75 Å². The molecule has 108 valence electrons. The van der Waals surface area contributed by atoms with Gasteiger partial charge >= 0.3 is 0 Å². The van der Waals surface area contributed by atoms with Gasteiger partial charge in [-0.2, -0.15) is 0 Å². The maximum Gasteiger partial charge on any atom is 0.237 e. The monoisotopic (exact) mass is 293 g/mol. The first kappa shape index (κ1) is 14.7. The van der Waals surface area contributed by atoms with Gasteiger partial charge in [-0.05, 0) is 38.1 Å². The van der Waals surface area contributed by atoms with E-state index in [9.17, 15) is 4.79 Å².